The van der Waals surface area contributed by atoms with Crippen molar-refractivity contribution in [2.45, 2.75) is 45.6 Å². The smallest absolute Gasteiger partial charge is 0.168 e. The molecule has 1 rings (SSSR count). The van der Waals surface area contributed by atoms with Gasteiger partial charge in [-0.2, -0.15) is 0 Å². The van der Waals surface area contributed by atoms with E-state index in [9.17, 15) is 9.18 Å². The number of halogens is 1. The molecule has 100 valence electrons. The number of Topliss-reactive ketones (excluding diaryl/α,β-unsaturated/α-hetero) is 1. The summed E-state index contributed by atoms with van der Waals surface area (Å²) in [6.45, 7) is 5.71. The summed E-state index contributed by atoms with van der Waals surface area (Å²) in [7, 11) is 1.57. The van der Waals surface area contributed by atoms with E-state index in [-0.39, 0.29) is 11.6 Å². The first-order valence-electron chi connectivity index (χ1n) is 6.32. The molecule has 1 aromatic carbocycles. The molecule has 2 nitrogen and oxygen atoms in total. The molecule has 0 saturated heterocycles. The number of methoxy groups -OCH3 is 1. The maximum atomic E-state index is 13.0. The number of benzene rings is 1. The molecule has 0 atom stereocenters. The van der Waals surface area contributed by atoms with Crippen LogP contribution in [0.25, 0.3) is 0 Å². The molecular weight excluding hydrogens is 231 g/mol. The second-order valence-corrected chi connectivity index (χ2v) is 4.58. The van der Waals surface area contributed by atoms with Gasteiger partial charge in [0.2, 0.25) is 0 Å². The summed E-state index contributed by atoms with van der Waals surface area (Å²) in [6.07, 6.45) is 1.60. The van der Waals surface area contributed by atoms with Gasteiger partial charge in [0, 0.05) is 13.5 Å². The zero-order valence-corrected chi connectivity index (χ0v) is 11.5. The summed E-state index contributed by atoms with van der Waals surface area (Å²) in [4.78, 5) is 12.3. The summed E-state index contributed by atoms with van der Waals surface area (Å²) in [6, 6.07) is 4.52. The Hall–Kier alpha value is -1.22. The Kier molecular flexibility index (Phi) is 5.03. The Bertz CT molecular complexity index is 414. The maximum absolute atomic E-state index is 13.0. The summed E-state index contributed by atoms with van der Waals surface area (Å²) < 4.78 is 18.4. The molecule has 0 aliphatic heterocycles. The van der Waals surface area contributed by atoms with Gasteiger partial charge in [-0.15, -0.1) is 0 Å². The molecule has 0 aliphatic rings. The van der Waals surface area contributed by atoms with E-state index in [1.54, 1.807) is 13.2 Å². The number of hydrogen-bond acceptors (Lipinski definition) is 2. The molecule has 0 amide bonds. The fraction of sp³-hybridized carbons (Fsp3) is 0.533. The van der Waals surface area contributed by atoms with Crippen molar-refractivity contribution in [3.63, 3.8) is 0 Å². The Labute approximate surface area is 108 Å². The minimum absolute atomic E-state index is 0.0599. The quantitative estimate of drug-likeness (QED) is 0.775. The summed E-state index contributed by atoms with van der Waals surface area (Å²) in [5.41, 5.74) is 0.964. The SMILES string of the molecule is CCC(CC)(OC)C(=O)Cc1ccc(F)cc1C. The van der Waals surface area contributed by atoms with E-state index in [1.807, 2.05) is 20.8 Å². The molecule has 0 saturated carbocycles. The zero-order chi connectivity index (χ0) is 13.8. The van der Waals surface area contributed by atoms with Gasteiger partial charge in [0.25, 0.3) is 0 Å². The van der Waals surface area contributed by atoms with E-state index in [0.29, 0.717) is 19.3 Å². The van der Waals surface area contributed by atoms with Crippen molar-refractivity contribution < 1.29 is 13.9 Å². The second kappa shape index (κ2) is 6.10. The third kappa shape index (κ3) is 2.96. The van der Waals surface area contributed by atoms with E-state index in [2.05, 4.69) is 0 Å². The lowest BCUT2D eigenvalue weighted by molar-refractivity contribution is -0.141. The van der Waals surface area contributed by atoms with Gasteiger partial charge in [0.1, 0.15) is 11.4 Å². The standard InChI is InChI=1S/C15H21FO2/c1-5-15(6-2,18-4)14(17)10-12-7-8-13(16)9-11(12)3/h7-9H,5-6,10H2,1-4H3. The highest BCUT2D eigenvalue weighted by Crippen LogP contribution is 2.24. The van der Waals surface area contributed by atoms with Crippen LogP contribution in [0.3, 0.4) is 0 Å². The Morgan fingerprint density at radius 3 is 2.39 bits per heavy atom. The minimum atomic E-state index is -0.708. The van der Waals surface area contributed by atoms with E-state index < -0.39 is 5.60 Å². The van der Waals surface area contributed by atoms with Crippen LogP contribution < -0.4 is 0 Å². The molecule has 18 heavy (non-hydrogen) atoms. The monoisotopic (exact) mass is 252 g/mol. The molecule has 0 N–H and O–H groups in total. The van der Waals surface area contributed by atoms with Crippen molar-refractivity contribution in [2.24, 2.45) is 0 Å². The van der Waals surface area contributed by atoms with Crippen LogP contribution in [0.1, 0.15) is 37.8 Å². The fourth-order valence-corrected chi connectivity index (χ4v) is 2.24. The molecule has 0 heterocycles. The number of carbonyl (C=O) groups excluding carboxylic acids is 1. The number of hydrogen-bond donors (Lipinski definition) is 0. The maximum Gasteiger partial charge on any atom is 0.168 e. The second-order valence-electron chi connectivity index (χ2n) is 4.58. The van der Waals surface area contributed by atoms with E-state index in [4.69, 9.17) is 4.74 Å². The zero-order valence-electron chi connectivity index (χ0n) is 11.5. The van der Waals surface area contributed by atoms with Gasteiger partial charge in [-0.05, 0) is 43.0 Å². The topological polar surface area (TPSA) is 26.3 Å². The van der Waals surface area contributed by atoms with Crippen molar-refractivity contribution in [1.82, 2.24) is 0 Å². The first kappa shape index (κ1) is 14.8. The molecule has 0 aliphatic carbocycles. The molecule has 1 aromatic rings. The lowest BCUT2D eigenvalue weighted by Crippen LogP contribution is -2.40. The van der Waals surface area contributed by atoms with Crippen LogP contribution in [0.15, 0.2) is 18.2 Å². The Morgan fingerprint density at radius 2 is 1.94 bits per heavy atom. The normalized spacial score (nSPS) is 11.6. The van der Waals surface area contributed by atoms with Gasteiger partial charge in [-0.25, -0.2) is 4.39 Å². The van der Waals surface area contributed by atoms with Crippen molar-refractivity contribution in [2.75, 3.05) is 7.11 Å². The van der Waals surface area contributed by atoms with E-state index in [1.165, 1.54) is 12.1 Å². The third-order valence-corrected chi connectivity index (χ3v) is 3.70. The number of ether oxygens (including phenoxy) is 1. The van der Waals surface area contributed by atoms with Crippen LogP contribution in [-0.2, 0) is 16.0 Å². The van der Waals surface area contributed by atoms with Crippen molar-refractivity contribution in [3.8, 4) is 0 Å². The fourth-order valence-electron chi connectivity index (χ4n) is 2.24. The first-order chi connectivity index (χ1) is 8.49. The first-order valence-corrected chi connectivity index (χ1v) is 6.32. The van der Waals surface area contributed by atoms with E-state index >= 15 is 0 Å². The van der Waals surface area contributed by atoms with Gasteiger partial charge in [-0.3, -0.25) is 4.79 Å². The van der Waals surface area contributed by atoms with Crippen molar-refractivity contribution >= 4 is 5.78 Å². The molecular formula is C15H21FO2. The number of carbonyl (C=O) groups is 1. The third-order valence-electron chi connectivity index (χ3n) is 3.70. The molecule has 0 bridgehead atoms. The minimum Gasteiger partial charge on any atom is -0.370 e. The summed E-state index contributed by atoms with van der Waals surface area (Å²) in [5.74, 6) is -0.211. The average molecular weight is 252 g/mol. The predicted octanol–water partition coefficient (Wildman–Crippen LogP) is 3.45. The Balaban J connectivity index is 2.93. The van der Waals surface area contributed by atoms with Crippen LogP contribution in [-0.4, -0.2) is 18.5 Å². The predicted molar refractivity (Wildman–Crippen MR) is 70.2 cm³/mol. The summed E-state index contributed by atoms with van der Waals surface area (Å²) >= 11 is 0. The van der Waals surface area contributed by atoms with Crippen LogP contribution in [0.2, 0.25) is 0 Å². The number of ketones is 1. The van der Waals surface area contributed by atoms with Crippen LogP contribution in [0.5, 0.6) is 0 Å². The average Bonchev–Trinajstić information content (AvgIpc) is 2.36. The van der Waals surface area contributed by atoms with Gasteiger partial charge in [0.15, 0.2) is 5.78 Å². The Morgan fingerprint density at radius 1 is 1.33 bits per heavy atom. The molecule has 0 spiro atoms. The highest BCUT2D eigenvalue weighted by atomic mass is 19.1. The van der Waals surface area contributed by atoms with Crippen molar-refractivity contribution in [3.05, 3.63) is 35.1 Å². The van der Waals surface area contributed by atoms with Crippen LogP contribution in [0, 0.1) is 12.7 Å². The molecule has 0 radical (unpaired) electrons. The number of aryl methyl sites for hydroxylation is 1. The van der Waals surface area contributed by atoms with E-state index in [0.717, 1.165) is 11.1 Å². The van der Waals surface area contributed by atoms with Gasteiger partial charge in [-0.1, -0.05) is 19.9 Å². The number of rotatable bonds is 6. The molecule has 0 fully saturated rings. The van der Waals surface area contributed by atoms with Crippen molar-refractivity contribution in [1.29, 1.82) is 0 Å². The van der Waals surface area contributed by atoms with Crippen LogP contribution >= 0.6 is 0 Å². The van der Waals surface area contributed by atoms with Crippen LogP contribution in [0.4, 0.5) is 4.39 Å². The highest BCUT2D eigenvalue weighted by Gasteiger charge is 2.34. The molecule has 0 unspecified atom stereocenters. The molecule has 3 heteroatoms. The highest BCUT2D eigenvalue weighted by molar-refractivity contribution is 5.89. The summed E-state index contributed by atoms with van der Waals surface area (Å²) in [5, 5.41) is 0. The largest absolute Gasteiger partial charge is 0.370 e. The van der Waals surface area contributed by atoms with Gasteiger partial charge >= 0.3 is 0 Å². The lowest BCUT2D eigenvalue weighted by Gasteiger charge is -2.28. The lowest BCUT2D eigenvalue weighted by atomic mass is 9.87. The van der Waals surface area contributed by atoms with Gasteiger partial charge in [0.05, 0.1) is 0 Å². The van der Waals surface area contributed by atoms with Gasteiger partial charge < -0.3 is 4.74 Å². The molecule has 0 aromatic heterocycles.